The van der Waals surface area contributed by atoms with Gasteiger partial charge in [-0.2, -0.15) is 5.26 Å². The topological polar surface area (TPSA) is 82.6 Å². The predicted octanol–water partition coefficient (Wildman–Crippen LogP) is 1.67. The molecule has 1 amide bonds. The van der Waals surface area contributed by atoms with Crippen molar-refractivity contribution < 1.29 is 13.9 Å². The lowest BCUT2D eigenvalue weighted by Gasteiger charge is -2.27. The van der Waals surface area contributed by atoms with Crippen LogP contribution in [-0.2, 0) is 4.74 Å². The molecule has 2 aliphatic heterocycles. The molecule has 0 aromatic heterocycles. The van der Waals surface area contributed by atoms with Gasteiger partial charge < -0.3 is 20.3 Å². The third kappa shape index (κ3) is 3.14. The summed E-state index contributed by atoms with van der Waals surface area (Å²) in [7, 11) is 1.68. The van der Waals surface area contributed by atoms with Crippen LogP contribution in [-0.4, -0.2) is 50.2 Å². The highest BCUT2D eigenvalue weighted by Gasteiger charge is 2.37. The quantitative estimate of drug-likeness (QED) is 0.839. The molecule has 0 bridgehead atoms. The van der Waals surface area contributed by atoms with Crippen molar-refractivity contribution in [3.8, 4) is 6.19 Å². The number of hydrogen-bond donors (Lipinski definition) is 1. The lowest BCUT2D eigenvalue weighted by molar-refractivity contribution is 0.0996. The molecular weight excluding hydrogens is 323 g/mol. The van der Waals surface area contributed by atoms with E-state index in [9.17, 15) is 10.1 Å². The number of amides is 1. The highest BCUT2D eigenvalue weighted by molar-refractivity contribution is 5.94. The van der Waals surface area contributed by atoms with Gasteiger partial charge in [0.05, 0.1) is 11.7 Å². The number of carbonyl (C=O) groups excluding carboxylic acids is 1. The lowest BCUT2D eigenvalue weighted by atomic mass is 9.87. The summed E-state index contributed by atoms with van der Waals surface area (Å²) in [6.45, 7) is 4.49. The van der Waals surface area contributed by atoms with Gasteiger partial charge in [0.15, 0.2) is 6.19 Å². The van der Waals surface area contributed by atoms with Gasteiger partial charge in [-0.3, -0.25) is 4.79 Å². The Kier molecular flexibility index (Phi) is 4.82. The highest BCUT2D eigenvalue weighted by Crippen LogP contribution is 2.41. The molecule has 25 heavy (non-hydrogen) atoms. The third-order valence-corrected chi connectivity index (χ3v) is 5.37. The van der Waals surface area contributed by atoms with E-state index in [2.05, 4.69) is 11.1 Å². The molecule has 2 aliphatic rings. The number of anilines is 1. The standard InChI is InChI=1S/C18H23FN4O2/c1-11-7-22(10-20)9-14(11)16-15(23-6-5-12(8-23)25-2)4-3-13(17(16)19)18(21)24/h3-4,11-12,14H,5-9H2,1-2H3,(H2,21,24). The number of methoxy groups -OCH3 is 1. The summed E-state index contributed by atoms with van der Waals surface area (Å²) in [6.07, 6.45) is 3.13. The SMILES string of the molecule is COC1CCN(c2ccc(C(N)=O)c(F)c2C2CN(C#N)CC2C)C1. The molecule has 1 aromatic rings. The number of ether oxygens (including phenoxy) is 1. The monoisotopic (exact) mass is 346 g/mol. The number of rotatable bonds is 4. The molecule has 1 aromatic carbocycles. The summed E-state index contributed by atoms with van der Waals surface area (Å²) in [5, 5.41) is 9.19. The smallest absolute Gasteiger partial charge is 0.251 e. The van der Waals surface area contributed by atoms with Gasteiger partial charge in [0.2, 0.25) is 0 Å². The Labute approximate surface area is 146 Å². The molecule has 3 unspecified atom stereocenters. The number of nitrogens with zero attached hydrogens (tertiary/aromatic N) is 3. The first kappa shape index (κ1) is 17.5. The van der Waals surface area contributed by atoms with E-state index in [0.29, 0.717) is 25.2 Å². The van der Waals surface area contributed by atoms with Crippen LogP contribution in [0.4, 0.5) is 10.1 Å². The van der Waals surface area contributed by atoms with Crippen LogP contribution < -0.4 is 10.6 Å². The fraction of sp³-hybridized carbons (Fsp3) is 0.556. The molecule has 0 radical (unpaired) electrons. The second-order valence-electron chi connectivity index (χ2n) is 6.91. The van der Waals surface area contributed by atoms with Crippen molar-refractivity contribution >= 4 is 11.6 Å². The maximum absolute atomic E-state index is 15.2. The van der Waals surface area contributed by atoms with Crippen molar-refractivity contribution in [1.29, 1.82) is 5.26 Å². The van der Waals surface area contributed by atoms with Crippen LogP contribution in [0.2, 0.25) is 0 Å². The highest BCUT2D eigenvalue weighted by atomic mass is 19.1. The Bertz CT molecular complexity index is 718. The fourth-order valence-corrected chi connectivity index (χ4v) is 3.97. The van der Waals surface area contributed by atoms with E-state index in [4.69, 9.17) is 10.5 Å². The lowest BCUT2D eigenvalue weighted by Crippen LogP contribution is -2.26. The number of hydrogen-bond acceptors (Lipinski definition) is 5. The Balaban J connectivity index is 2.05. The van der Waals surface area contributed by atoms with Crippen LogP contribution in [0.15, 0.2) is 12.1 Å². The number of nitriles is 1. The van der Waals surface area contributed by atoms with Crippen LogP contribution in [0.5, 0.6) is 0 Å². The first-order valence-corrected chi connectivity index (χ1v) is 8.50. The Hall–Kier alpha value is -2.33. The number of halogens is 1. The average Bonchev–Trinajstić information content (AvgIpc) is 3.20. The summed E-state index contributed by atoms with van der Waals surface area (Å²) < 4.78 is 20.6. The molecule has 6 nitrogen and oxygen atoms in total. The summed E-state index contributed by atoms with van der Waals surface area (Å²) in [5.41, 5.74) is 6.52. The number of likely N-dealkylation sites (tertiary alicyclic amines) is 1. The Morgan fingerprint density at radius 2 is 2.16 bits per heavy atom. The summed E-state index contributed by atoms with van der Waals surface area (Å²) in [4.78, 5) is 15.3. The van der Waals surface area contributed by atoms with E-state index in [1.54, 1.807) is 18.1 Å². The van der Waals surface area contributed by atoms with Crippen LogP contribution in [0.3, 0.4) is 0 Å². The Morgan fingerprint density at radius 1 is 1.40 bits per heavy atom. The van der Waals surface area contributed by atoms with Crippen molar-refractivity contribution in [3.63, 3.8) is 0 Å². The van der Waals surface area contributed by atoms with Crippen LogP contribution in [0.25, 0.3) is 0 Å². The molecular formula is C18H23FN4O2. The van der Waals surface area contributed by atoms with Crippen molar-refractivity contribution in [3.05, 3.63) is 29.1 Å². The predicted molar refractivity (Wildman–Crippen MR) is 91.6 cm³/mol. The van der Waals surface area contributed by atoms with Gasteiger partial charge in [-0.15, -0.1) is 0 Å². The Morgan fingerprint density at radius 3 is 2.72 bits per heavy atom. The van der Waals surface area contributed by atoms with E-state index < -0.39 is 11.7 Å². The molecule has 3 rings (SSSR count). The average molecular weight is 346 g/mol. The maximum Gasteiger partial charge on any atom is 0.251 e. The first-order chi connectivity index (χ1) is 12.0. The van der Waals surface area contributed by atoms with Gasteiger partial charge in [0.25, 0.3) is 5.91 Å². The minimum atomic E-state index is -0.774. The number of benzene rings is 1. The normalized spacial score (nSPS) is 26.1. The minimum Gasteiger partial charge on any atom is -0.380 e. The van der Waals surface area contributed by atoms with Crippen molar-refractivity contribution in [2.24, 2.45) is 11.7 Å². The molecule has 0 aliphatic carbocycles. The second kappa shape index (κ2) is 6.89. The second-order valence-corrected chi connectivity index (χ2v) is 6.91. The van der Waals surface area contributed by atoms with E-state index >= 15 is 4.39 Å². The summed E-state index contributed by atoms with van der Waals surface area (Å²) in [6, 6.07) is 3.23. The van der Waals surface area contributed by atoms with Crippen molar-refractivity contribution in [2.75, 3.05) is 38.2 Å². The first-order valence-electron chi connectivity index (χ1n) is 8.50. The molecule has 2 heterocycles. The van der Waals surface area contributed by atoms with Crippen LogP contribution >= 0.6 is 0 Å². The van der Waals surface area contributed by atoms with Crippen LogP contribution in [0, 0.1) is 23.2 Å². The van der Waals surface area contributed by atoms with E-state index in [0.717, 1.165) is 18.7 Å². The van der Waals surface area contributed by atoms with Gasteiger partial charge in [-0.05, 0) is 24.5 Å². The van der Waals surface area contributed by atoms with Gasteiger partial charge >= 0.3 is 0 Å². The summed E-state index contributed by atoms with van der Waals surface area (Å²) >= 11 is 0. The van der Waals surface area contributed by atoms with Gasteiger partial charge in [-0.1, -0.05) is 6.92 Å². The summed E-state index contributed by atoms with van der Waals surface area (Å²) in [5.74, 6) is -1.38. The zero-order valence-electron chi connectivity index (χ0n) is 14.5. The van der Waals surface area contributed by atoms with E-state index in [1.807, 2.05) is 6.92 Å². The van der Waals surface area contributed by atoms with E-state index in [1.165, 1.54) is 6.07 Å². The minimum absolute atomic E-state index is 0.0937. The number of primary amides is 1. The molecule has 2 saturated heterocycles. The largest absolute Gasteiger partial charge is 0.380 e. The van der Waals surface area contributed by atoms with Gasteiger partial charge in [0, 0.05) is 50.5 Å². The zero-order chi connectivity index (χ0) is 18.1. The zero-order valence-corrected chi connectivity index (χ0v) is 14.5. The fourth-order valence-electron chi connectivity index (χ4n) is 3.97. The van der Waals surface area contributed by atoms with Crippen molar-refractivity contribution in [2.45, 2.75) is 25.4 Å². The molecule has 0 saturated carbocycles. The molecule has 7 heteroatoms. The van der Waals surface area contributed by atoms with Gasteiger partial charge in [0.1, 0.15) is 5.82 Å². The van der Waals surface area contributed by atoms with E-state index in [-0.39, 0.29) is 23.5 Å². The third-order valence-electron chi connectivity index (χ3n) is 5.37. The molecule has 3 atom stereocenters. The maximum atomic E-state index is 15.2. The van der Waals surface area contributed by atoms with Crippen molar-refractivity contribution in [1.82, 2.24) is 4.90 Å². The van der Waals surface area contributed by atoms with Crippen LogP contribution in [0.1, 0.15) is 35.2 Å². The molecule has 0 spiro atoms. The van der Waals surface area contributed by atoms with Gasteiger partial charge in [-0.25, -0.2) is 4.39 Å². The number of nitrogens with two attached hydrogens (primary N) is 1. The molecule has 2 N–H and O–H groups in total. The number of carbonyl (C=O) groups is 1. The molecule has 2 fully saturated rings. The molecule has 134 valence electrons.